The minimum Gasteiger partial charge on any atom is -0.324 e. The number of rotatable bonds is 6. The molecule has 0 radical (unpaired) electrons. The number of thiophene rings is 1. The van der Waals surface area contributed by atoms with Crippen molar-refractivity contribution in [1.29, 1.82) is 5.26 Å². The Bertz CT molecular complexity index is 1350. The van der Waals surface area contributed by atoms with Crippen molar-refractivity contribution in [2.45, 2.75) is 18.6 Å². The van der Waals surface area contributed by atoms with Crippen molar-refractivity contribution in [1.82, 2.24) is 9.55 Å². The number of aromatic nitrogens is 2. The van der Waals surface area contributed by atoms with Crippen LogP contribution in [0.15, 0.2) is 70.6 Å². The van der Waals surface area contributed by atoms with Crippen LogP contribution in [0.25, 0.3) is 20.7 Å². The normalized spacial score (nSPS) is 10.7. The average Bonchev–Trinajstić information content (AvgIpc) is 3.23. The van der Waals surface area contributed by atoms with E-state index in [1.54, 1.807) is 28.8 Å². The number of thioether (sulfide) groups is 1. The summed E-state index contributed by atoms with van der Waals surface area (Å²) in [5.74, 6) is -0.187. The van der Waals surface area contributed by atoms with Crippen LogP contribution in [0.2, 0.25) is 0 Å². The Morgan fingerprint density at radius 2 is 1.94 bits per heavy atom. The summed E-state index contributed by atoms with van der Waals surface area (Å²) < 4.78 is 2.20. The van der Waals surface area contributed by atoms with Crippen LogP contribution in [0.5, 0.6) is 0 Å². The van der Waals surface area contributed by atoms with Gasteiger partial charge in [-0.1, -0.05) is 54.2 Å². The number of carbonyl (C=O) groups excluding carboxylic acids is 1. The zero-order valence-corrected chi connectivity index (χ0v) is 18.3. The number of hydrogen-bond donors (Lipinski definition) is 1. The molecule has 0 spiro atoms. The molecule has 1 amide bonds. The first kappa shape index (κ1) is 20.8. The van der Waals surface area contributed by atoms with Crippen LogP contribution in [0.1, 0.15) is 12.5 Å². The van der Waals surface area contributed by atoms with Crippen LogP contribution >= 0.6 is 23.1 Å². The number of nitrogens with one attached hydrogen (secondary N) is 1. The summed E-state index contributed by atoms with van der Waals surface area (Å²) >= 11 is 2.64. The fourth-order valence-electron chi connectivity index (χ4n) is 3.13. The standard InChI is InChI=1S/C23H18N4O2S2/c1-2-27-22(29)21-18(12-19(31-21)15-8-4-3-5-9-15)26-23(27)30-14-20(28)25-17-11-7-6-10-16(17)13-24/h3-12H,2,14H2,1H3,(H,25,28). The molecule has 2 heterocycles. The second-order valence-electron chi connectivity index (χ2n) is 6.63. The number of anilines is 1. The first-order valence-electron chi connectivity index (χ1n) is 9.62. The molecule has 6 nitrogen and oxygen atoms in total. The van der Waals surface area contributed by atoms with Crippen molar-refractivity contribution in [3.63, 3.8) is 0 Å². The number of hydrogen-bond acceptors (Lipinski definition) is 6. The fraction of sp³-hybridized carbons (Fsp3) is 0.130. The van der Waals surface area contributed by atoms with Crippen molar-refractivity contribution in [3.05, 3.63) is 76.6 Å². The molecular weight excluding hydrogens is 428 g/mol. The van der Waals surface area contributed by atoms with Crippen molar-refractivity contribution in [2.75, 3.05) is 11.1 Å². The number of nitrogens with zero attached hydrogens (tertiary/aromatic N) is 3. The van der Waals surface area contributed by atoms with E-state index in [1.807, 2.05) is 43.3 Å². The molecule has 0 saturated carbocycles. The number of fused-ring (bicyclic) bond motifs is 1. The van der Waals surface area contributed by atoms with E-state index in [0.29, 0.717) is 33.2 Å². The maximum absolute atomic E-state index is 13.0. The number of para-hydroxylation sites is 1. The molecule has 0 aliphatic carbocycles. The van der Waals surface area contributed by atoms with Crippen LogP contribution in [0.3, 0.4) is 0 Å². The third-order valence-corrected chi connectivity index (χ3v) is 6.77. The molecule has 8 heteroatoms. The third-order valence-electron chi connectivity index (χ3n) is 4.63. The van der Waals surface area contributed by atoms with E-state index in [9.17, 15) is 9.59 Å². The maximum atomic E-state index is 13.0. The van der Waals surface area contributed by atoms with Crippen LogP contribution in [0.4, 0.5) is 5.69 Å². The summed E-state index contributed by atoms with van der Waals surface area (Å²) in [5.41, 5.74) is 2.45. The summed E-state index contributed by atoms with van der Waals surface area (Å²) in [6, 6.07) is 20.7. The lowest BCUT2D eigenvalue weighted by atomic mass is 10.2. The predicted octanol–water partition coefficient (Wildman–Crippen LogP) is 4.75. The van der Waals surface area contributed by atoms with Crippen LogP contribution in [0, 0.1) is 11.3 Å². The Morgan fingerprint density at radius 1 is 1.19 bits per heavy atom. The zero-order chi connectivity index (χ0) is 21.8. The van der Waals surface area contributed by atoms with E-state index in [2.05, 4.69) is 16.4 Å². The Hall–Kier alpha value is -3.41. The van der Waals surface area contributed by atoms with Crippen molar-refractivity contribution in [3.8, 4) is 16.5 Å². The first-order valence-corrected chi connectivity index (χ1v) is 11.4. The number of benzene rings is 2. The zero-order valence-electron chi connectivity index (χ0n) is 16.7. The van der Waals surface area contributed by atoms with Gasteiger partial charge in [0, 0.05) is 11.4 Å². The van der Waals surface area contributed by atoms with Crippen molar-refractivity contribution in [2.24, 2.45) is 0 Å². The second-order valence-corrected chi connectivity index (χ2v) is 8.62. The van der Waals surface area contributed by atoms with Gasteiger partial charge in [-0.05, 0) is 30.7 Å². The lowest BCUT2D eigenvalue weighted by Crippen LogP contribution is -2.22. The SMILES string of the molecule is CCn1c(SCC(=O)Nc2ccccc2C#N)nc2cc(-c3ccccc3)sc2c1=O. The minimum atomic E-state index is -0.264. The monoisotopic (exact) mass is 446 g/mol. The highest BCUT2D eigenvalue weighted by molar-refractivity contribution is 7.99. The number of nitriles is 1. The Morgan fingerprint density at radius 3 is 2.68 bits per heavy atom. The molecule has 1 N–H and O–H groups in total. The van der Waals surface area contributed by atoms with Gasteiger partial charge in [-0.25, -0.2) is 4.98 Å². The fourth-order valence-corrected chi connectivity index (χ4v) is 5.04. The van der Waals surface area contributed by atoms with E-state index in [1.165, 1.54) is 23.1 Å². The van der Waals surface area contributed by atoms with Crippen molar-refractivity contribution < 1.29 is 4.79 Å². The molecule has 0 unspecified atom stereocenters. The van der Waals surface area contributed by atoms with Crippen LogP contribution in [-0.4, -0.2) is 21.2 Å². The van der Waals surface area contributed by atoms with E-state index in [4.69, 9.17) is 5.26 Å². The van der Waals surface area contributed by atoms with Crippen LogP contribution < -0.4 is 10.9 Å². The molecule has 2 aromatic heterocycles. The van der Waals surface area contributed by atoms with Gasteiger partial charge in [-0.15, -0.1) is 11.3 Å². The largest absolute Gasteiger partial charge is 0.324 e. The highest BCUT2D eigenvalue weighted by Crippen LogP contribution is 2.32. The van der Waals surface area contributed by atoms with E-state index in [-0.39, 0.29) is 17.2 Å². The first-order chi connectivity index (χ1) is 15.1. The second kappa shape index (κ2) is 9.16. The highest BCUT2D eigenvalue weighted by atomic mass is 32.2. The molecule has 31 heavy (non-hydrogen) atoms. The summed E-state index contributed by atoms with van der Waals surface area (Å²) in [7, 11) is 0. The predicted molar refractivity (Wildman–Crippen MR) is 126 cm³/mol. The Balaban J connectivity index is 1.59. The third kappa shape index (κ3) is 4.38. The Labute approximate surface area is 187 Å². The topological polar surface area (TPSA) is 87.8 Å². The molecule has 0 bridgehead atoms. The smallest absolute Gasteiger partial charge is 0.272 e. The van der Waals surface area contributed by atoms with E-state index < -0.39 is 0 Å². The molecule has 0 atom stereocenters. The van der Waals surface area contributed by atoms with Gasteiger partial charge in [-0.2, -0.15) is 5.26 Å². The van der Waals surface area contributed by atoms with E-state index >= 15 is 0 Å². The van der Waals surface area contributed by atoms with Crippen LogP contribution in [-0.2, 0) is 11.3 Å². The van der Waals surface area contributed by atoms with Gasteiger partial charge in [0.2, 0.25) is 5.91 Å². The molecule has 154 valence electrons. The quantitative estimate of drug-likeness (QED) is 0.341. The van der Waals surface area contributed by atoms with Gasteiger partial charge in [-0.3, -0.25) is 14.2 Å². The van der Waals surface area contributed by atoms with Gasteiger partial charge in [0.1, 0.15) is 10.8 Å². The number of carbonyl (C=O) groups is 1. The molecule has 0 fully saturated rings. The highest BCUT2D eigenvalue weighted by Gasteiger charge is 2.16. The molecule has 4 rings (SSSR count). The molecule has 0 aliphatic heterocycles. The number of amides is 1. The molecular formula is C23H18N4O2S2. The summed E-state index contributed by atoms with van der Waals surface area (Å²) in [6.45, 7) is 2.34. The van der Waals surface area contributed by atoms with E-state index in [0.717, 1.165) is 10.4 Å². The lowest BCUT2D eigenvalue weighted by molar-refractivity contribution is -0.113. The Kier molecular flexibility index (Phi) is 6.16. The summed E-state index contributed by atoms with van der Waals surface area (Å²) in [4.78, 5) is 31.1. The van der Waals surface area contributed by atoms with Gasteiger partial charge in [0.15, 0.2) is 5.16 Å². The van der Waals surface area contributed by atoms with Gasteiger partial charge >= 0.3 is 0 Å². The van der Waals surface area contributed by atoms with Crippen molar-refractivity contribution >= 4 is 44.9 Å². The average molecular weight is 447 g/mol. The van der Waals surface area contributed by atoms with Gasteiger partial charge in [0.25, 0.3) is 5.56 Å². The summed E-state index contributed by atoms with van der Waals surface area (Å²) in [6.07, 6.45) is 0. The van der Waals surface area contributed by atoms with Gasteiger partial charge in [0.05, 0.1) is 22.5 Å². The maximum Gasteiger partial charge on any atom is 0.272 e. The minimum absolute atomic E-state index is 0.0768. The molecule has 0 aliphatic rings. The van der Waals surface area contributed by atoms with Gasteiger partial charge < -0.3 is 5.32 Å². The summed E-state index contributed by atoms with van der Waals surface area (Å²) in [5, 5.41) is 12.4. The molecule has 2 aromatic carbocycles. The molecule has 4 aromatic rings. The lowest BCUT2D eigenvalue weighted by Gasteiger charge is -2.10. The molecule has 0 saturated heterocycles.